The van der Waals surface area contributed by atoms with Crippen LogP contribution in [0.5, 0.6) is 0 Å². The third-order valence-electron chi connectivity index (χ3n) is 4.91. The Morgan fingerprint density at radius 2 is 1.14 bits per heavy atom. The fourth-order valence-corrected chi connectivity index (χ4v) is 2.84. The van der Waals surface area contributed by atoms with Crippen molar-refractivity contribution < 1.29 is 9.59 Å². The molecule has 0 bridgehead atoms. The zero-order chi connectivity index (χ0) is 21.1. The lowest BCUT2D eigenvalue weighted by Crippen LogP contribution is -2.31. The van der Waals surface area contributed by atoms with Gasteiger partial charge in [-0.1, -0.05) is 60.5 Å². The molecular formula is C23H39N3O2. The fourth-order valence-electron chi connectivity index (χ4n) is 2.84. The maximum Gasteiger partial charge on any atom is 0.269 e. The molecule has 0 fully saturated rings. The van der Waals surface area contributed by atoms with Crippen LogP contribution in [0.4, 0.5) is 0 Å². The first-order chi connectivity index (χ1) is 13.2. The molecule has 2 unspecified atom stereocenters. The number of hydrogen-bond acceptors (Lipinski definition) is 3. The number of nitrogens with zero attached hydrogens (tertiary/aromatic N) is 1. The lowest BCUT2D eigenvalue weighted by Gasteiger charge is -2.14. The van der Waals surface area contributed by atoms with Crippen LogP contribution in [0.25, 0.3) is 0 Å². The highest BCUT2D eigenvalue weighted by Crippen LogP contribution is 2.12. The highest BCUT2D eigenvalue weighted by Gasteiger charge is 2.14. The second kappa shape index (κ2) is 12.5. The summed E-state index contributed by atoms with van der Waals surface area (Å²) in [7, 11) is 0. The van der Waals surface area contributed by atoms with Gasteiger partial charge in [0, 0.05) is 13.1 Å². The van der Waals surface area contributed by atoms with Gasteiger partial charge < -0.3 is 10.6 Å². The second-order valence-electron chi connectivity index (χ2n) is 8.98. The smallest absolute Gasteiger partial charge is 0.269 e. The molecule has 0 aromatic carbocycles. The van der Waals surface area contributed by atoms with Gasteiger partial charge in [0.25, 0.3) is 11.8 Å². The van der Waals surface area contributed by atoms with E-state index in [-0.39, 0.29) is 23.2 Å². The van der Waals surface area contributed by atoms with Crippen molar-refractivity contribution in [2.75, 3.05) is 13.1 Å². The van der Waals surface area contributed by atoms with Crippen molar-refractivity contribution in [1.82, 2.24) is 15.6 Å². The van der Waals surface area contributed by atoms with E-state index in [9.17, 15) is 9.59 Å². The molecule has 1 rings (SSSR count). The summed E-state index contributed by atoms with van der Waals surface area (Å²) in [6.07, 6.45) is 4.48. The van der Waals surface area contributed by atoms with Crippen molar-refractivity contribution in [3.8, 4) is 0 Å². The SMILES string of the molecule is CC(C)CCC(C)CNC(=O)c1cccc(C(=O)NCC(C)CCC(C)C)n1. The molecule has 28 heavy (non-hydrogen) atoms. The second-order valence-corrected chi connectivity index (χ2v) is 8.98. The maximum atomic E-state index is 12.4. The Morgan fingerprint density at radius 3 is 1.50 bits per heavy atom. The molecule has 1 aromatic heterocycles. The molecule has 5 heteroatoms. The third kappa shape index (κ3) is 9.86. The zero-order valence-electron chi connectivity index (χ0n) is 18.5. The van der Waals surface area contributed by atoms with Gasteiger partial charge in [-0.25, -0.2) is 4.98 Å². The predicted molar refractivity (Wildman–Crippen MR) is 115 cm³/mol. The summed E-state index contributed by atoms with van der Waals surface area (Å²) in [5.41, 5.74) is 0.577. The van der Waals surface area contributed by atoms with E-state index in [4.69, 9.17) is 0 Å². The summed E-state index contributed by atoms with van der Waals surface area (Å²) in [5.74, 6) is 1.73. The molecule has 0 saturated heterocycles. The van der Waals surface area contributed by atoms with Crippen molar-refractivity contribution in [3.63, 3.8) is 0 Å². The van der Waals surface area contributed by atoms with Crippen molar-refractivity contribution in [1.29, 1.82) is 0 Å². The molecule has 0 spiro atoms. The fraction of sp³-hybridized carbons (Fsp3) is 0.696. The topological polar surface area (TPSA) is 71.1 Å². The molecule has 5 nitrogen and oxygen atoms in total. The van der Waals surface area contributed by atoms with Crippen LogP contribution in [-0.2, 0) is 0 Å². The first-order valence-corrected chi connectivity index (χ1v) is 10.7. The largest absolute Gasteiger partial charge is 0.350 e. The van der Waals surface area contributed by atoms with Crippen LogP contribution in [0.2, 0.25) is 0 Å². The zero-order valence-corrected chi connectivity index (χ0v) is 18.5. The van der Waals surface area contributed by atoms with Gasteiger partial charge in [0.1, 0.15) is 11.4 Å². The summed E-state index contributed by atoms with van der Waals surface area (Å²) in [6, 6.07) is 5.01. The Labute approximate surface area is 171 Å². The summed E-state index contributed by atoms with van der Waals surface area (Å²) in [5, 5.41) is 5.87. The first-order valence-electron chi connectivity index (χ1n) is 10.7. The van der Waals surface area contributed by atoms with Gasteiger partial charge in [-0.05, 0) is 48.6 Å². The van der Waals surface area contributed by atoms with Gasteiger partial charge in [-0.3, -0.25) is 9.59 Å². The third-order valence-corrected chi connectivity index (χ3v) is 4.91. The highest BCUT2D eigenvalue weighted by molar-refractivity contribution is 5.96. The van der Waals surface area contributed by atoms with Crippen molar-refractivity contribution in [3.05, 3.63) is 29.6 Å². The Hall–Kier alpha value is -1.91. The molecule has 2 atom stereocenters. The Morgan fingerprint density at radius 1 is 0.750 bits per heavy atom. The molecule has 2 amide bonds. The Kier molecular flexibility index (Phi) is 10.8. The van der Waals surface area contributed by atoms with Crippen LogP contribution in [-0.4, -0.2) is 29.9 Å². The molecule has 158 valence electrons. The van der Waals surface area contributed by atoms with E-state index in [2.05, 4.69) is 57.2 Å². The number of hydrogen-bond donors (Lipinski definition) is 2. The number of rotatable bonds is 12. The number of nitrogens with one attached hydrogen (secondary N) is 2. The average molecular weight is 390 g/mol. The molecule has 0 aliphatic heterocycles. The van der Waals surface area contributed by atoms with Crippen LogP contribution in [0.3, 0.4) is 0 Å². The van der Waals surface area contributed by atoms with Crippen LogP contribution in [0, 0.1) is 23.7 Å². The lowest BCUT2D eigenvalue weighted by atomic mass is 9.99. The summed E-state index contributed by atoms with van der Waals surface area (Å²) < 4.78 is 0. The maximum absolute atomic E-state index is 12.4. The van der Waals surface area contributed by atoms with E-state index in [1.807, 2.05) is 0 Å². The number of amides is 2. The van der Waals surface area contributed by atoms with Crippen LogP contribution < -0.4 is 10.6 Å². The molecule has 0 aliphatic carbocycles. The van der Waals surface area contributed by atoms with Crippen LogP contribution >= 0.6 is 0 Å². The Balaban J connectivity index is 2.51. The van der Waals surface area contributed by atoms with E-state index in [0.29, 0.717) is 36.8 Å². The number of pyridine rings is 1. The van der Waals surface area contributed by atoms with Gasteiger partial charge >= 0.3 is 0 Å². The molecule has 1 aromatic rings. The monoisotopic (exact) mass is 389 g/mol. The minimum absolute atomic E-state index is 0.226. The number of carbonyl (C=O) groups excluding carboxylic acids is 2. The summed E-state index contributed by atoms with van der Waals surface area (Å²) in [6.45, 7) is 14.3. The molecular weight excluding hydrogens is 350 g/mol. The number of carbonyl (C=O) groups is 2. The first kappa shape index (κ1) is 24.1. The average Bonchev–Trinajstić information content (AvgIpc) is 2.66. The van der Waals surface area contributed by atoms with E-state index >= 15 is 0 Å². The summed E-state index contributed by atoms with van der Waals surface area (Å²) in [4.78, 5) is 29.0. The quantitative estimate of drug-likeness (QED) is 0.545. The van der Waals surface area contributed by atoms with E-state index in [1.54, 1.807) is 18.2 Å². The Bertz CT molecular complexity index is 564. The van der Waals surface area contributed by atoms with E-state index in [0.717, 1.165) is 25.7 Å². The van der Waals surface area contributed by atoms with E-state index in [1.165, 1.54) is 0 Å². The highest BCUT2D eigenvalue weighted by atomic mass is 16.2. The molecule has 2 N–H and O–H groups in total. The van der Waals surface area contributed by atoms with Crippen LogP contribution in [0.15, 0.2) is 18.2 Å². The molecule has 0 saturated carbocycles. The van der Waals surface area contributed by atoms with Gasteiger partial charge in [-0.15, -0.1) is 0 Å². The van der Waals surface area contributed by atoms with E-state index < -0.39 is 0 Å². The molecule has 0 aliphatic rings. The van der Waals surface area contributed by atoms with Crippen molar-refractivity contribution >= 4 is 11.8 Å². The predicted octanol–water partition coefficient (Wildman–Crippen LogP) is 4.69. The van der Waals surface area contributed by atoms with Crippen molar-refractivity contribution in [2.24, 2.45) is 23.7 Å². The minimum Gasteiger partial charge on any atom is -0.350 e. The molecule has 0 radical (unpaired) electrons. The van der Waals surface area contributed by atoms with Gasteiger partial charge in [-0.2, -0.15) is 0 Å². The summed E-state index contributed by atoms with van der Waals surface area (Å²) >= 11 is 0. The lowest BCUT2D eigenvalue weighted by molar-refractivity contribution is 0.0937. The standard InChI is InChI=1S/C23H39N3O2/c1-16(2)10-12-18(5)14-24-22(27)20-8-7-9-21(26-20)23(28)25-15-19(6)13-11-17(3)4/h7-9,16-19H,10-15H2,1-6H3,(H,24,27)(H,25,28). The van der Waals surface area contributed by atoms with Gasteiger partial charge in [0.05, 0.1) is 0 Å². The van der Waals surface area contributed by atoms with Crippen molar-refractivity contribution in [2.45, 2.75) is 67.2 Å². The number of aromatic nitrogens is 1. The van der Waals surface area contributed by atoms with Crippen LogP contribution in [0.1, 0.15) is 88.2 Å². The van der Waals surface area contributed by atoms with Gasteiger partial charge in [0.15, 0.2) is 0 Å². The van der Waals surface area contributed by atoms with Gasteiger partial charge in [0.2, 0.25) is 0 Å². The minimum atomic E-state index is -0.226. The molecule has 1 heterocycles. The normalized spacial score (nSPS) is 13.4.